The van der Waals surface area contributed by atoms with Crippen LogP contribution >= 0.6 is 15.9 Å². The number of aromatic nitrogens is 2. The maximum atomic E-state index is 13.2. The topological polar surface area (TPSA) is 53.1 Å². The molecule has 2 N–H and O–H groups in total. The Labute approximate surface area is 121 Å². The number of nitrogens with zero attached hydrogens (tertiary/aromatic N) is 2. The van der Waals surface area contributed by atoms with E-state index in [4.69, 9.17) is 10.5 Å². The van der Waals surface area contributed by atoms with E-state index in [1.807, 2.05) is 0 Å². The van der Waals surface area contributed by atoms with Crippen molar-refractivity contribution in [2.75, 3.05) is 12.8 Å². The molecular formula is C12H11BrF3N3O. The monoisotopic (exact) mass is 349 g/mol. The Hall–Kier alpha value is -1.70. The largest absolute Gasteiger partial charge is 0.496 e. The van der Waals surface area contributed by atoms with Crippen LogP contribution in [0.15, 0.2) is 22.8 Å². The Balaban J connectivity index is 2.75. The number of anilines is 1. The number of nitrogens with two attached hydrogens (primary N) is 1. The van der Waals surface area contributed by atoms with Crippen molar-refractivity contribution in [3.05, 3.63) is 28.4 Å². The van der Waals surface area contributed by atoms with Gasteiger partial charge in [-0.05, 0) is 28.1 Å². The van der Waals surface area contributed by atoms with Crippen LogP contribution in [0.4, 0.5) is 19.0 Å². The van der Waals surface area contributed by atoms with Gasteiger partial charge in [0.1, 0.15) is 11.6 Å². The third-order valence-electron chi connectivity index (χ3n) is 2.87. The molecule has 0 fully saturated rings. The van der Waals surface area contributed by atoms with Gasteiger partial charge in [-0.3, -0.25) is 4.68 Å². The summed E-state index contributed by atoms with van der Waals surface area (Å²) in [7, 11) is 2.86. The normalized spacial score (nSPS) is 11.7. The summed E-state index contributed by atoms with van der Waals surface area (Å²) >= 11 is 3.18. The van der Waals surface area contributed by atoms with Gasteiger partial charge < -0.3 is 10.5 Å². The highest BCUT2D eigenvalue weighted by Crippen LogP contribution is 2.43. The van der Waals surface area contributed by atoms with E-state index in [2.05, 4.69) is 21.0 Å². The molecule has 1 aromatic heterocycles. The number of aryl methyl sites for hydroxylation is 1. The molecule has 0 aliphatic carbocycles. The highest BCUT2D eigenvalue weighted by molar-refractivity contribution is 9.10. The Morgan fingerprint density at radius 3 is 2.40 bits per heavy atom. The molecular weight excluding hydrogens is 339 g/mol. The first-order valence-electron chi connectivity index (χ1n) is 5.48. The van der Waals surface area contributed by atoms with Crippen LogP contribution in [0, 0.1) is 0 Å². The van der Waals surface area contributed by atoms with E-state index in [0.717, 1.165) is 6.07 Å². The first kappa shape index (κ1) is 14.7. The number of methoxy groups -OCH3 is 1. The fraction of sp³-hybridized carbons (Fsp3) is 0.250. The van der Waals surface area contributed by atoms with E-state index in [1.165, 1.54) is 24.1 Å². The summed E-state index contributed by atoms with van der Waals surface area (Å²) in [6.45, 7) is 0. The zero-order chi connectivity index (χ0) is 15.1. The van der Waals surface area contributed by atoms with Gasteiger partial charge in [0.15, 0.2) is 0 Å². The van der Waals surface area contributed by atoms with Crippen molar-refractivity contribution in [1.82, 2.24) is 9.78 Å². The number of alkyl halides is 3. The van der Waals surface area contributed by atoms with Gasteiger partial charge in [-0.25, -0.2) is 0 Å². The predicted molar refractivity (Wildman–Crippen MR) is 72.3 cm³/mol. The van der Waals surface area contributed by atoms with Crippen molar-refractivity contribution < 1.29 is 17.9 Å². The van der Waals surface area contributed by atoms with Gasteiger partial charge in [0, 0.05) is 18.2 Å². The number of rotatable bonds is 2. The number of ether oxygens (including phenoxy) is 1. The summed E-state index contributed by atoms with van der Waals surface area (Å²) in [5, 5.41) is 3.87. The molecule has 0 saturated carbocycles. The van der Waals surface area contributed by atoms with Gasteiger partial charge in [-0.15, -0.1) is 0 Å². The van der Waals surface area contributed by atoms with Crippen LogP contribution in [0.2, 0.25) is 0 Å². The standard InChI is InChI=1S/C12H11BrF3N3O/c1-19-11(17)7(5-18-19)6-3-9(13)10(20-2)4-8(6)12(14,15)16/h3-5H,17H2,1-2H3. The second-order valence-corrected chi connectivity index (χ2v) is 4.95. The molecule has 8 heteroatoms. The van der Waals surface area contributed by atoms with Crippen molar-refractivity contribution in [2.45, 2.75) is 6.18 Å². The number of hydrogen-bond donors (Lipinski definition) is 1. The molecule has 0 aliphatic heterocycles. The van der Waals surface area contributed by atoms with E-state index >= 15 is 0 Å². The number of benzene rings is 1. The average Bonchev–Trinajstić information content (AvgIpc) is 2.68. The fourth-order valence-electron chi connectivity index (χ4n) is 1.82. The lowest BCUT2D eigenvalue weighted by molar-refractivity contribution is -0.137. The zero-order valence-electron chi connectivity index (χ0n) is 10.6. The molecule has 2 aromatic rings. The molecule has 0 saturated heterocycles. The second kappa shape index (κ2) is 5.01. The van der Waals surface area contributed by atoms with Gasteiger partial charge >= 0.3 is 6.18 Å². The minimum atomic E-state index is -4.52. The van der Waals surface area contributed by atoms with Crippen LogP contribution in [0.5, 0.6) is 5.75 Å². The van der Waals surface area contributed by atoms with Crippen LogP contribution < -0.4 is 10.5 Å². The minimum Gasteiger partial charge on any atom is -0.496 e. The Morgan fingerprint density at radius 2 is 1.95 bits per heavy atom. The van der Waals surface area contributed by atoms with Crippen LogP contribution in [-0.2, 0) is 13.2 Å². The van der Waals surface area contributed by atoms with Crippen molar-refractivity contribution >= 4 is 21.7 Å². The maximum Gasteiger partial charge on any atom is 0.417 e. The van der Waals surface area contributed by atoms with Crippen LogP contribution in [0.3, 0.4) is 0 Å². The maximum absolute atomic E-state index is 13.2. The summed E-state index contributed by atoms with van der Waals surface area (Å²) in [4.78, 5) is 0. The molecule has 0 radical (unpaired) electrons. The van der Waals surface area contributed by atoms with Gasteiger partial charge in [0.25, 0.3) is 0 Å². The zero-order valence-corrected chi connectivity index (χ0v) is 12.2. The molecule has 0 spiro atoms. The van der Waals surface area contributed by atoms with Crippen LogP contribution in [-0.4, -0.2) is 16.9 Å². The molecule has 0 aliphatic rings. The van der Waals surface area contributed by atoms with Crippen molar-refractivity contribution in [1.29, 1.82) is 0 Å². The summed E-state index contributed by atoms with van der Waals surface area (Å²) in [5.41, 5.74) is 5.11. The minimum absolute atomic E-state index is 0.0456. The number of halogens is 4. The molecule has 1 heterocycles. The first-order valence-corrected chi connectivity index (χ1v) is 6.27. The molecule has 0 bridgehead atoms. The van der Waals surface area contributed by atoms with Gasteiger partial charge in [0.05, 0.1) is 23.3 Å². The van der Waals surface area contributed by atoms with Gasteiger partial charge in [-0.2, -0.15) is 18.3 Å². The van der Waals surface area contributed by atoms with Gasteiger partial charge in [-0.1, -0.05) is 0 Å². The quantitative estimate of drug-likeness (QED) is 0.903. The second-order valence-electron chi connectivity index (χ2n) is 4.10. The van der Waals surface area contributed by atoms with E-state index in [9.17, 15) is 13.2 Å². The van der Waals surface area contributed by atoms with Crippen molar-refractivity contribution in [3.63, 3.8) is 0 Å². The highest BCUT2D eigenvalue weighted by atomic mass is 79.9. The molecule has 0 unspecified atom stereocenters. The molecule has 0 amide bonds. The first-order chi connectivity index (χ1) is 9.25. The third-order valence-corrected chi connectivity index (χ3v) is 3.49. The van der Waals surface area contributed by atoms with E-state index in [0.29, 0.717) is 4.47 Å². The Bertz CT molecular complexity index is 652. The van der Waals surface area contributed by atoms with Crippen molar-refractivity contribution in [3.8, 4) is 16.9 Å². The molecule has 2 rings (SSSR count). The van der Waals surface area contributed by atoms with E-state index in [-0.39, 0.29) is 22.7 Å². The number of nitrogen functional groups attached to an aromatic ring is 1. The molecule has 1 aromatic carbocycles. The summed E-state index contributed by atoms with van der Waals surface area (Å²) < 4.78 is 46.2. The Kier molecular flexibility index (Phi) is 3.68. The third kappa shape index (κ3) is 2.47. The van der Waals surface area contributed by atoms with Crippen molar-refractivity contribution in [2.24, 2.45) is 7.05 Å². The molecule has 108 valence electrons. The summed E-state index contributed by atoms with van der Waals surface area (Å²) in [5.74, 6) is 0.260. The SMILES string of the molecule is COc1cc(C(F)(F)F)c(-c2cnn(C)c2N)cc1Br. The van der Waals surface area contributed by atoms with E-state index < -0.39 is 11.7 Å². The lowest BCUT2D eigenvalue weighted by atomic mass is 10.0. The van der Waals surface area contributed by atoms with Crippen LogP contribution in [0.1, 0.15) is 5.56 Å². The smallest absolute Gasteiger partial charge is 0.417 e. The fourth-order valence-corrected chi connectivity index (χ4v) is 2.33. The molecule has 0 atom stereocenters. The number of hydrogen-bond acceptors (Lipinski definition) is 3. The predicted octanol–water partition coefficient (Wildman–Crippen LogP) is 3.46. The Morgan fingerprint density at radius 1 is 1.30 bits per heavy atom. The lowest BCUT2D eigenvalue weighted by Gasteiger charge is -2.15. The summed E-state index contributed by atoms with van der Waals surface area (Å²) in [6, 6.07) is 2.26. The van der Waals surface area contributed by atoms with E-state index in [1.54, 1.807) is 7.05 Å². The lowest BCUT2D eigenvalue weighted by Crippen LogP contribution is -2.08. The van der Waals surface area contributed by atoms with Crippen LogP contribution in [0.25, 0.3) is 11.1 Å². The summed E-state index contributed by atoms with van der Waals surface area (Å²) in [6.07, 6.45) is -3.22. The average molecular weight is 350 g/mol. The van der Waals surface area contributed by atoms with Gasteiger partial charge in [0.2, 0.25) is 0 Å². The highest BCUT2D eigenvalue weighted by Gasteiger charge is 2.35. The molecule has 4 nitrogen and oxygen atoms in total. The molecule has 20 heavy (non-hydrogen) atoms.